The van der Waals surface area contributed by atoms with Gasteiger partial charge in [-0.1, -0.05) is 0 Å². The molecule has 2 fully saturated rings. The minimum Gasteiger partial charge on any atom is -0.467 e. The van der Waals surface area contributed by atoms with Gasteiger partial charge in [0.1, 0.15) is 41.9 Å². The first-order chi connectivity index (χ1) is 17.4. The quantitative estimate of drug-likeness (QED) is 0.132. The van der Waals surface area contributed by atoms with Crippen LogP contribution >= 0.6 is 0 Å². The Morgan fingerprint density at radius 2 is 1.86 bits per heavy atom. The topological polar surface area (TPSA) is 263 Å². The number of ether oxygens (including phenoxy) is 4. The standard InChI is InChI=1S/C22H42N6O9/c1-22(33)8-34-21(15(31)18(22)27-2)37-17-12(28-19(32)13(29)7-24)5-11(26)16(14(17)30)36-20-10(25)4-3-9(6-23)35-20/h3,10-18,20-21,27,29-31,33H,4-8,23-26H2,1-2H3,(H,28,32). The van der Waals surface area contributed by atoms with Crippen molar-refractivity contribution in [2.24, 2.45) is 22.9 Å². The summed E-state index contributed by atoms with van der Waals surface area (Å²) in [6, 6.07) is -3.08. The molecule has 0 aromatic heterocycles. The number of aliphatic hydroxyl groups excluding tert-OH is 3. The number of amides is 1. The molecule has 1 aliphatic carbocycles. The summed E-state index contributed by atoms with van der Waals surface area (Å²) in [5, 5.41) is 48.0. The van der Waals surface area contributed by atoms with Crippen LogP contribution in [0.3, 0.4) is 0 Å². The first kappa shape index (κ1) is 30.1. The van der Waals surface area contributed by atoms with Crippen LogP contribution in [0, 0.1) is 0 Å². The Labute approximate surface area is 215 Å². The zero-order valence-electron chi connectivity index (χ0n) is 21.1. The average Bonchev–Trinajstić information content (AvgIpc) is 2.85. The molecule has 0 bridgehead atoms. The summed E-state index contributed by atoms with van der Waals surface area (Å²) in [7, 11) is 1.57. The summed E-state index contributed by atoms with van der Waals surface area (Å²) < 4.78 is 23.3. The van der Waals surface area contributed by atoms with E-state index in [-0.39, 0.29) is 26.1 Å². The second-order valence-electron chi connectivity index (χ2n) is 10.0. The van der Waals surface area contributed by atoms with Gasteiger partial charge in [0.2, 0.25) is 12.2 Å². The van der Waals surface area contributed by atoms with E-state index < -0.39 is 78.8 Å². The predicted molar refractivity (Wildman–Crippen MR) is 129 cm³/mol. The lowest BCUT2D eigenvalue weighted by molar-refractivity contribution is -0.304. The third-order valence-electron chi connectivity index (χ3n) is 7.03. The van der Waals surface area contributed by atoms with Gasteiger partial charge in [0.25, 0.3) is 0 Å². The van der Waals surface area contributed by atoms with Crippen LogP contribution in [0.25, 0.3) is 0 Å². The van der Waals surface area contributed by atoms with Crippen LogP contribution < -0.4 is 33.6 Å². The fourth-order valence-electron chi connectivity index (χ4n) is 4.92. The maximum atomic E-state index is 12.4. The van der Waals surface area contributed by atoms with Crippen LogP contribution in [-0.2, 0) is 23.7 Å². The summed E-state index contributed by atoms with van der Waals surface area (Å²) in [4.78, 5) is 12.4. The maximum Gasteiger partial charge on any atom is 0.250 e. The van der Waals surface area contributed by atoms with Crippen LogP contribution in [-0.4, -0.2) is 126 Å². The average molecular weight is 535 g/mol. The molecule has 37 heavy (non-hydrogen) atoms. The van der Waals surface area contributed by atoms with Gasteiger partial charge in [-0.3, -0.25) is 4.79 Å². The summed E-state index contributed by atoms with van der Waals surface area (Å²) in [5.41, 5.74) is 22.1. The summed E-state index contributed by atoms with van der Waals surface area (Å²) >= 11 is 0. The van der Waals surface area contributed by atoms with Gasteiger partial charge in [-0.05, 0) is 32.9 Å². The molecule has 3 rings (SSSR count). The van der Waals surface area contributed by atoms with Crippen molar-refractivity contribution in [3.05, 3.63) is 11.8 Å². The van der Waals surface area contributed by atoms with Crippen LogP contribution in [0.1, 0.15) is 19.8 Å². The van der Waals surface area contributed by atoms with Crippen molar-refractivity contribution in [1.29, 1.82) is 0 Å². The molecule has 0 spiro atoms. The van der Waals surface area contributed by atoms with Crippen molar-refractivity contribution in [3.8, 4) is 0 Å². The molecule has 0 aromatic rings. The number of likely N-dealkylation sites (N-methyl/N-ethyl adjacent to an activating group) is 1. The van der Waals surface area contributed by atoms with Gasteiger partial charge in [0.15, 0.2) is 6.29 Å². The highest BCUT2D eigenvalue weighted by Crippen LogP contribution is 2.32. The molecule has 2 heterocycles. The molecule has 14 N–H and O–H groups in total. The molecule has 0 radical (unpaired) electrons. The van der Waals surface area contributed by atoms with E-state index in [9.17, 15) is 25.2 Å². The Morgan fingerprint density at radius 1 is 1.19 bits per heavy atom. The minimum absolute atomic E-state index is 0.0625. The number of hydrogen-bond donors (Lipinski definition) is 10. The maximum absolute atomic E-state index is 12.4. The van der Waals surface area contributed by atoms with Crippen molar-refractivity contribution in [2.75, 3.05) is 26.7 Å². The van der Waals surface area contributed by atoms with Crippen molar-refractivity contribution < 1.29 is 44.2 Å². The first-order valence-electron chi connectivity index (χ1n) is 12.4. The van der Waals surface area contributed by atoms with E-state index in [0.717, 1.165) is 0 Å². The normalized spacial score (nSPS) is 43.5. The zero-order valence-corrected chi connectivity index (χ0v) is 21.1. The molecule has 214 valence electrons. The van der Waals surface area contributed by atoms with Crippen molar-refractivity contribution in [3.63, 3.8) is 0 Å². The number of aliphatic hydroxyl groups is 4. The number of rotatable bonds is 9. The second kappa shape index (κ2) is 12.6. The molecule has 1 saturated carbocycles. The number of carbonyl (C=O) groups is 1. The zero-order chi connectivity index (χ0) is 27.5. The number of carbonyl (C=O) groups excluding carboxylic acids is 1. The van der Waals surface area contributed by atoms with E-state index in [2.05, 4.69) is 10.6 Å². The van der Waals surface area contributed by atoms with Gasteiger partial charge in [0.05, 0.1) is 31.3 Å². The Hall–Kier alpha value is -1.47. The van der Waals surface area contributed by atoms with Crippen LogP contribution in [0.15, 0.2) is 11.8 Å². The molecule has 1 saturated heterocycles. The van der Waals surface area contributed by atoms with Crippen molar-refractivity contribution in [1.82, 2.24) is 10.6 Å². The van der Waals surface area contributed by atoms with Crippen LogP contribution in [0.2, 0.25) is 0 Å². The molecule has 15 heteroatoms. The van der Waals surface area contributed by atoms with Crippen molar-refractivity contribution in [2.45, 2.75) is 92.6 Å². The van der Waals surface area contributed by atoms with Crippen molar-refractivity contribution >= 4 is 5.91 Å². The molecule has 12 atom stereocenters. The summed E-state index contributed by atoms with van der Waals surface area (Å²) in [6.45, 7) is 1.15. The monoisotopic (exact) mass is 534 g/mol. The molecular weight excluding hydrogens is 492 g/mol. The van der Waals surface area contributed by atoms with Gasteiger partial charge in [-0.25, -0.2) is 0 Å². The van der Waals surface area contributed by atoms with Gasteiger partial charge >= 0.3 is 0 Å². The van der Waals surface area contributed by atoms with Crippen LogP contribution in [0.4, 0.5) is 0 Å². The van der Waals surface area contributed by atoms with E-state index >= 15 is 0 Å². The summed E-state index contributed by atoms with van der Waals surface area (Å²) in [6.07, 6.45) is -6.49. The molecular formula is C22H42N6O9. The van der Waals surface area contributed by atoms with Gasteiger partial charge in [0, 0.05) is 12.6 Å². The molecule has 3 aliphatic rings. The highest BCUT2D eigenvalue weighted by Gasteiger charge is 2.51. The van der Waals surface area contributed by atoms with E-state index in [1.54, 1.807) is 13.1 Å². The fourth-order valence-corrected chi connectivity index (χ4v) is 4.92. The smallest absolute Gasteiger partial charge is 0.250 e. The number of nitrogens with one attached hydrogen (secondary N) is 2. The van der Waals surface area contributed by atoms with Gasteiger partial charge in [-0.15, -0.1) is 0 Å². The molecule has 2 aliphatic heterocycles. The number of hydrogen-bond acceptors (Lipinski definition) is 14. The molecule has 1 amide bonds. The second-order valence-corrected chi connectivity index (χ2v) is 10.0. The Kier molecular flexibility index (Phi) is 10.2. The van der Waals surface area contributed by atoms with E-state index in [1.165, 1.54) is 6.92 Å². The van der Waals surface area contributed by atoms with E-state index in [4.69, 9.17) is 41.9 Å². The summed E-state index contributed by atoms with van der Waals surface area (Å²) in [5.74, 6) is -0.292. The third-order valence-corrected chi connectivity index (χ3v) is 7.03. The van der Waals surface area contributed by atoms with Gasteiger partial charge < -0.3 is 72.9 Å². The van der Waals surface area contributed by atoms with E-state index in [0.29, 0.717) is 12.2 Å². The Bertz CT molecular complexity index is 805. The third kappa shape index (κ3) is 6.76. The molecule has 15 nitrogen and oxygen atoms in total. The predicted octanol–water partition coefficient (Wildman–Crippen LogP) is -5.37. The Balaban J connectivity index is 1.82. The first-order valence-corrected chi connectivity index (χ1v) is 12.4. The Morgan fingerprint density at radius 3 is 2.49 bits per heavy atom. The lowest BCUT2D eigenvalue weighted by Crippen LogP contribution is -2.69. The molecule has 12 unspecified atom stereocenters. The molecule has 0 aromatic carbocycles. The van der Waals surface area contributed by atoms with Crippen LogP contribution in [0.5, 0.6) is 0 Å². The lowest BCUT2D eigenvalue weighted by Gasteiger charge is -2.48. The minimum atomic E-state index is -1.49. The fraction of sp³-hybridized carbons (Fsp3) is 0.864. The van der Waals surface area contributed by atoms with E-state index in [1.807, 2.05) is 0 Å². The highest BCUT2D eigenvalue weighted by molar-refractivity contribution is 5.81. The highest BCUT2D eigenvalue weighted by atomic mass is 16.7. The largest absolute Gasteiger partial charge is 0.467 e. The SMILES string of the molecule is CNC1C(O)C(OC2C(NC(=O)C(O)CN)CC(N)C(OC3OC(CN)=CCC3N)C2O)OCC1(C)O. The number of nitrogens with two attached hydrogens (primary N) is 4. The van der Waals surface area contributed by atoms with Gasteiger partial charge in [-0.2, -0.15) is 0 Å². The lowest BCUT2D eigenvalue weighted by atomic mass is 9.83.